The Kier molecular flexibility index (Phi) is 11.1. The first-order valence-corrected chi connectivity index (χ1v) is 11.6. The predicted molar refractivity (Wildman–Crippen MR) is 141 cm³/mol. The summed E-state index contributed by atoms with van der Waals surface area (Å²) in [6.45, 7) is 6.47. The van der Waals surface area contributed by atoms with Gasteiger partial charge in [-0.25, -0.2) is 9.07 Å². The normalized spacial score (nSPS) is 14.8. The number of hydrogen-bond donors (Lipinski definition) is 2. The number of likely N-dealkylation sites (tertiary alicyclic amines) is 1. The number of nitrogens with zero attached hydrogens (tertiary/aromatic N) is 4. The lowest BCUT2D eigenvalue weighted by Gasteiger charge is -2.34. The van der Waals surface area contributed by atoms with Crippen LogP contribution in [0.1, 0.15) is 45.2 Å². The summed E-state index contributed by atoms with van der Waals surface area (Å²) in [5.74, 6) is 0.969. The van der Waals surface area contributed by atoms with Crippen LogP contribution in [0.3, 0.4) is 0 Å². The van der Waals surface area contributed by atoms with Gasteiger partial charge in [-0.2, -0.15) is 5.10 Å². The van der Waals surface area contributed by atoms with Crippen LogP contribution >= 0.6 is 24.0 Å². The Morgan fingerprint density at radius 1 is 1.18 bits per heavy atom. The highest BCUT2D eigenvalue weighted by Gasteiger charge is 2.26. The molecule has 1 amide bonds. The molecular formula is C24H36FIN6O. The molecule has 0 unspecified atom stereocenters. The van der Waals surface area contributed by atoms with Gasteiger partial charge in [0.1, 0.15) is 5.82 Å². The highest BCUT2D eigenvalue weighted by molar-refractivity contribution is 14.0. The summed E-state index contributed by atoms with van der Waals surface area (Å²) in [4.78, 5) is 18.9. The lowest BCUT2D eigenvalue weighted by Crippen LogP contribution is -2.50. The Labute approximate surface area is 213 Å². The van der Waals surface area contributed by atoms with E-state index in [0.717, 1.165) is 62.5 Å². The average molecular weight is 570 g/mol. The van der Waals surface area contributed by atoms with Crippen LogP contribution in [-0.4, -0.2) is 59.3 Å². The van der Waals surface area contributed by atoms with Crippen molar-refractivity contribution >= 4 is 35.8 Å². The molecule has 0 radical (unpaired) electrons. The van der Waals surface area contributed by atoms with Gasteiger partial charge < -0.3 is 15.5 Å². The highest BCUT2D eigenvalue weighted by atomic mass is 127. The van der Waals surface area contributed by atoms with Gasteiger partial charge in [0.25, 0.3) is 0 Å². The highest BCUT2D eigenvalue weighted by Crippen LogP contribution is 2.17. The molecule has 0 saturated carbocycles. The van der Waals surface area contributed by atoms with Crippen molar-refractivity contribution in [3.8, 4) is 5.69 Å². The number of aliphatic imine (C=N–C) groups is 1. The molecule has 2 heterocycles. The van der Waals surface area contributed by atoms with Crippen molar-refractivity contribution in [2.45, 2.75) is 52.0 Å². The zero-order valence-corrected chi connectivity index (χ0v) is 22.1. The Balaban J connectivity index is 0.00000385. The molecule has 0 spiro atoms. The number of nitrogens with one attached hydrogen (secondary N) is 2. The number of aromatic nitrogens is 2. The van der Waals surface area contributed by atoms with Crippen LogP contribution in [-0.2, 0) is 11.2 Å². The fraction of sp³-hybridized carbons (Fsp3) is 0.542. The second-order valence-electron chi connectivity index (χ2n) is 8.23. The summed E-state index contributed by atoms with van der Waals surface area (Å²) >= 11 is 0. The third kappa shape index (κ3) is 7.68. The Morgan fingerprint density at radius 3 is 2.45 bits per heavy atom. The molecule has 0 bridgehead atoms. The van der Waals surface area contributed by atoms with Gasteiger partial charge in [0.2, 0.25) is 5.91 Å². The molecular weight excluding hydrogens is 534 g/mol. The van der Waals surface area contributed by atoms with Crippen LogP contribution < -0.4 is 10.6 Å². The number of guanidine groups is 1. The SMILES string of the molecule is CCC(CC)C(=O)N1CCC(NC(=NC)NCCc2ccn(-c3ccc(F)cc3)n2)CC1.I. The van der Waals surface area contributed by atoms with Crippen molar-refractivity contribution in [3.63, 3.8) is 0 Å². The molecule has 0 atom stereocenters. The van der Waals surface area contributed by atoms with E-state index in [4.69, 9.17) is 0 Å². The average Bonchev–Trinajstić information content (AvgIpc) is 3.29. The molecule has 1 aliphatic heterocycles. The lowest BCUT2D eigenvalue weighted by atomic mass is 9.98. The number of halogens is 2. The fourth-order valence-corrected chi connectivity index (χ4v) is 4.07. The minimum absolute atomic E-state index is 0. The zero-order valence-electron chi connectivity index (χ0n) is 19.8. The number of rotatable bonds is 8. The summed E-state index contributed by atoms with van der Waals surface area (Å²) in [6, 6.07) is 8.55. The minimum Gasteiger partial charge on any atom is -0.356 e. The van der Waals surface area contributed by atoms with Gasteiger partial charge in [0, 0.05) is 51.3 Å². The minimum atomic E-state index is -0.257. The lowest BCUT2D eigenvalue weighted by molar-refractivity contribution is -0.136. The molecule has 1 aliphatic rings. The monoisotopic (exact) mass is 570 g/mol. The predicted octanol–water partition coefficient (Wildman–Crippen LogP) is 3.76. The first-order valence-electron chi connectivity index (χ1n) is 11.6. The molecule has 3 rings (SSSR count). The van der Waals surface area contributed by atoms with E-state index in [0.29, 0.717) is 18.5 Å². The molecule has 2 aromatic rings. The van der Waals surface area contributed by atoms with Crippen LogP contribution in [0, 0.1) is 11.7 Å². The number of benzene rings is 1. The maximum Gasteiger partial charge on any atom is 0.225 e. The first kappa shape index (κ1) is 27.1. The fourth-order valence-electron chi connectivity index (χ4n) is 4.07. The van der Waals surface area contributed by atoms with Crippen molar-refractivity contribution in [1.29, 1.82) is 0 Å². The number of piperidine rings is 1. The van der Waals surface area contributed by atoms with Crippen molar-refractivity contribution in [3.05, 3.63) is 48.0 Å². The van der Waals surface area contributed by atoms with Gasteiger partial charge in [-0.3, -0.25) is 9.79 Å². The Morgan fingerprint density at radius 2 is 1.85 bits per heavy atom. The smallest absolute Gasteiger partial charge is 0.225 e. The van der Waals surface area contributed by atoms with E-state index < -0.39 is 0 Å². The van der Waals surface area contributed by atoms with Gasteiger partial charge in [0.05, 0.1) is 11.4 Å². The number of carbonyl (C=O) groups is 1. The quantitative estimate of drug-likeness (QED) is 0.288. The molecule has 1 aromatic carbocycles. The van der Waals surface area contributed by atoms with E-state index in [-0.39, 0.29) is 35.7 Å². The van der Waals surface area contributed by atoms with E-state index in [1.165, 1.54) is 12.1 Å². The van der Waals surface area contributed by atoms with Crippen molar-refractivity contribution in [2.24, 2.45) is 10.9 Å². The zero-order chi connectivity index (χ0) is 22.9. The number of amides is 1. The molecule has 182 valence electrons. The molecule has 1 saturated heterocycles. The third-order valence-electron chi connectivity index (χ3n) is 6.11. The van der Waals surface area contributed by atoms with Crippen LogP contribution in [0.2, 0.25) is 0 Å². The van der Waals surface area contributed by atoms with Gasteiger partial charge in [-0.1, -0.05) is 13.8 Å². The second kappa shape index (κ2) is 13.5. The van der Waals surface area contributed by atoms with E-state index in [9.17, 15) is 9.18 Å². The maximum absolute atomic E-state index is 13.1. The maximum atomic E-state index is 13.1. The summed E-state index contributed by atoms with van der Waals surface area (Å²) < 4.78 is 14.8. The van der Waals surface area contributed by atoms with E-state index in [1.54, 1.807) is 23.9 Å². The summed E-state index contributed by atoms with van der Waals surface area (Å²) in [5, 5.41) is 11.4. The Hall–Kier alpha value is -2.17. The van der Waals surface area contributed by atoms with Gasteiger partial charge in [0.15, 0.2) is 5.96 Å². The molecule has 2 N–H and O–H groups in total. The molecule has 9 heteroatoms. The van der Waals surface area contributed by atoms with Crippen LogP contribution in [0.5, 0.6) is 0 Å². The second-order valence-corrected chi connectivity index (χ2v) is 8.23. The van der Waals surface area contributed by atoms with Crippen molar-refractivity contribution in [1.82, 2.24) is 25.3 Å². The van der Waals surface area contributed by atoms with Gasteiger partial charge >= 0.3 is 0 Å². The Bertz CT molecular complexity index is 889. The molecule has 0 aliphatic carbocycles. The first-order chi connectivity index (χ1) is 15.5. The summed E-state index contributed by atoms with van der Waals surface area (Å²) in [6.07, 6.45) is 6.30. The van der Waals surface area contributed by atoms with Crippen molar-refractivity contribution in [2.75, 3.05) is 26.7 Å². The summed E-state index contributed by atoms with van der Waals surface area (Å²) in [7, 11) is 1.77. The van der Waals surface area contributed by atoms with Crippen LogP contribution in [0.25, 0.3) is 5.69 Å². The van der Waals surface area contributed by atoms with Crippen LogP contribution in [0.4, 0.5) is 4.39 Å². The molecule has 1 aromatic heterocycles. The summed E-state index contributed by atoms with van der Waals surface area (Å²) in [5.41, 5.74) is 1.78. The van der Waals surface area contributed by atoms with Gasteiger partial charge in [-0.15, -0.1) is 24.0 Å². The van der Waals surface area contributed by atoms with E-state index >= 15 is 0 Å². The van der Waals surface area contributed by atoms with E-state index in [1.807, 2.05) is 17.2 Å². The number of hydrogen-bond acceptors (Lipinski definition) is 3. The van der Waals surface area contributed by atoms with Crippen molar-refractivity contribution < 1.29 is 9.18 Å². The van der Waals surface area contributed by atoms with Gasteiger partial charge in [-0.05, 0) is 56.0 Å². The number of carbonyl (C=O) groups excluding carboxylic acids is 1. The van der Waals surface area contributed by atoms with E-state index in [2.05, 4.69) is 34.6 Å². The van der Waals surface area contributed by atoms with Crippen LogP contribution in [0.15, 0.2) is 41.5 Å². The molecule has 33 heavy (non-hydrogen) atoms. The molecule has 7 nitrogen and oxygen atoms in total. The standard InChI is InChI=1S/C24H35FN6O.HI/c1-4-18(5-2)23(32)30-15-11-20(12-16-30)28-24(26-3)27-14-10-21-13-17-31(29-21)22-8-6-19(25)7-9-22;/h6-9,13,17-18,20H,4-5,10-12,14-16H2,1-3H3,(H2,26,27,28);1H. The topological polar surface area (TPSA) is 74.6 Å². The molecule has 1 fully saturated rings. The third-order valence-corrected chi connectivity index (χ3v) is 6.11. The largest absolute Gasteiger partial charge is 0.356 e.